The molecule has 22 heavy (non-hydrogen) atoms. The molecule has 4 rings (SSSR count). The van der Waals surface area contributed by atoms with Crippen LogP contribution in [0.5, 0.6) is 5.75 Å². The van der Waals surface area contributed by atoms with Crippen LogP contribution in [0.3, 0.4) is 0 Å². The fourth-order valence-electron chi connectivity index (χ4n) is 2.52. The van der Waals surface area contributed by atoms with Crippen LogP contribution in [0, 0.1) is 0 Å². The lowest BCUT2D eigenvalue weighted by atomic mass is 9.94. The molecule has 0 aliphatic carbocycles. The molecule has 0 aromatic heterocycles. The first kappa shape index (κ1) is 7.14. The minimum Gasteiger partial charge on any atom is -0.512 e. The van der Waals surface area contributed by atoms with E-state index in [0.717, 1.165) is 0 Å². The van der Waals surface area contributed by atoms with Gasteiger partial charge in [-0.3, -0.25) is 0 Å². The van der Waals surface area contributed by atoms with Crippen molar-refractivity contribution in [1.29, 1.82) is 0 Å². The second-order valence-corrected chi connectivity index (χ2v) is 4.63. The van der Waals surface area contributed by atoms with Crippen LogP contribution in [0.4, 0.5) is 0 Å². The lowest BCUT2D eigenvalue weighted by Gasteiger charge is -2.12. The van der Waals surface area contributed by atoms with Crippen LogP contribution in [0.1, 0.15) is 11.0 Å². The number of hydrogen-bond donors (Lipinski definition) is 2. The highest BCUT2D eigenvalue weighted by Crippen LogP contribution is 2.36. The van der Waals surface area contributed by atoms with Crippen molar-refractivity contribution in [3.8, 4) is 5.75 Å². The van der Waals surface area contributed by atoms with E-state index in [1.54, 1.807) is 0 Å². The summed E-state index contributed by atoms with van der Waals surface area (Å²) in [7, 11) is -2.27. The Morgan fingerprint density at radius 1 is 0.727 bits per heavy atom. The summed E-state index contributed by atoms with van der Waals surface area (Å²) in [5, 5.41) is 19.3. The van der Waals surface area contributed by atoms with Crippen molar-refractivity contribution in [3.63, 3.8) is 0 Å². The van der Waals surface area contributed by atoms with Gasteiger partial charge in [0.2, 0.25) is 0 Å². The van der Waals surface area contributed by atoms with E-state index in [1.807, 2.05) is 0 Å². The molecule has 106 valence electrons. The topological polar surface area (TPSA) is 49.7 Å². The Hall–Kier alpha value is -2.56. The maximum Gasteiger partial charge on any atom is 0.707 e. The van der Waals surface area contributed by atoms with Gasteiger partial charge in [0.25, 0.3) is 0 Å². The highest BCUT2D eigenvalue weighted by Gasteiger charge is 2.13. The zero-order valence-corrected chi connectivity index (χ0v) is 11.1. The lowest BCUT2D eigenvalue weighted by Crippen LogP contribution is -2.20. The fraction of sp³-hybridized carbons (Fsp3) is 0. The van der Waals surface area contributed by atoms with E-state index in [2.05, 4.69) is 0 Å². The molecule has 0 saturated carbocycles. The zero-order chi connectivity index (χ0) is 22.1. The van der Waals surface area contributed by atoms with Crippen LogP contribution < -0.4 is 4.65 Å². The van der Waals surface area contributed by atoms with Crippen molar-refractivity contribution in [2.24, 2.45) is 0 Å². The Morgan fingerprint density at radius 2 is 1.32 bits per heavy atom. The molecule has 0 heterocycles. The van der Waals surface area contributed by atoms with Gasteiger partial charge in [0.05, 0.1) is 11.0 Å². The predicted octanol–water partition coefficient (Wildman–Crippen LogP) is 3.49. The molecule has 0 aliphatic heterocycles. The Morgan fingerprint density at radius 3 is 1.95 bits per heavy atom. The average Bonchev–Trinajstić information content (AvgIpc) is 2.67. The molecule has 2 N–H and O–H groups in total. The minimum absolute atomic E-state index is 0.0683. The average molecular weight is 296 g/mol. The molecular weight excluding hydrogens is 275 g/mol. The van der Waals surface area contributed by atoms with E-state index >= 15 is 0 Å². The van der Waals surface area contributed by atoms with Gasteiger partial charge in [-0.1, -0.05) is 54.5 Å². The highest BCUT2D eigenvalue weighted by atomic mass is 16.6. The highest BCUT2D eigenvalue weighted by molar-refractivity contribution is 6.34. The number of rotatable bonds is 2. The molecule has 0 saturated heterocycles. The van der Waals surface area contributed by atoms with Crippen molar-refractivity contribution < 1.29 is 25.7 Å². The summed E-state index contributed by atoms with van der Waals surface area (Å²) in [4.78, 5) is 0. The van der Waals surface area contributed by atoms with Crippen LogP contribution in [-0.2, 0) is 0 Å². The van der Waals surface area contributed by atoms with Crippen molar-refractivity contribution in [1.82, 2.24) is 0 Å². The molecule has 3 nitrogen and oxygen atoms in total. The van der Waals surface area contributed by atoms with Crippen molar-refractivity contribution in [2.45, 2.75) is 0 Å². The van der Waals surface area contributed by atoms with E-state index in [-0.39, 0.29) is 68.6 Å². The van der Waals surface area contributed by atoms with Crippen LogP contribution in [0.25, 0.3) is 32.3 Å². The number of fused-ring (bicyclic) bond motifs is 6. The molecule has 0 bridgehead atoms. The third kappa shape index (κ3) is 2.01. The summed E-state index contributed by atoms with van der Waals surface area (Å²) in [5.74, 6) is -0.430. The van der Waals surface area contributed by atoms with Gasteiger partial charge in [0, 0.05) is 0 Å². The summed E-state index contributed by atoms with van der Waals surface area (Å²) < 4.78 is 70.2. The number of hydrogen-bond acceptors (Lipinski definition) is 3. The first-order valence-electron chi connectivity index (χ1n) is 10.4. The molecule has 0 atom stereocenters. The molecule has 4 aromatic carbocycles. The summed E-state index contributed by atoms with van der Waals surface area (Å²) in [6.45, 7) is 0. The van der Waals surface area contributed by atoms with E-state index in [1.165, 1.54) is 18.2 Å². The Balaban J connectivity index is 2.41. The van der Waals surface area contributed by atoms with Gasteiger partial charge >= 0.3 is 7.32 Å². The summed E-state index contributed by atoms with van der Waals surface area (Å²) in [5.41, 5.74) is 0. The monoisotopic (exact) mass is 296 g/mol. The smallest absolute Gasteiger partial charge is 0.512 e. The van der Waals surface area contributed by atoms with Gasteiger partial charge in [-0.15, -0.1) is 0 Å². The third-order valence-corrected chi connectivity index (χ3v) is 3.38. The van der Waals surface area contributed by atoms with Crippen LogP contribution in [0.2, 0.25) is 0 Å². The predicted molar refractivity (Wildman–Crippen MR) is 89.8 cm³/mol. The minimum atomic E-state index is -2.27. The zero-order valence-electron chi connectivity index (χ0n) is 19.1. The van der Waals surface area contributed by atoms with Crippen molar-refractivity contribution in [3.05, 3.63) is 66.5 Å². The molecule has 0 fully saturated rings. The molecule has 0 amide bonds. The molecular formula is C18H13BO3. The first-order valence-corrected chi connectivity index (χ1v) is 6.44. The van der Waals surface area contributed by atoms with E-state index in [4.69, 9.17) is 25.7 Å². The molecule has 0 spiro atoms. The van der Waals surface area contributed by atoms with E-state index in [9.17, 15) is 0 Å². The largest absolute Gasteiger partial charge is 0.707 e. The van der Waals surface area contributed by atoms with Gasteiger partial charge in [0.1, 0.15) is 5.75 Å². The maximum absolute atomic E-state index is 9.15. The molecule has 0 unspecified atom stereocenters. The second kappa shape index (κ2) is 5.02. The molecule has 4 aromatic rings. The molecule has 0 radical (unpaired) electrons. The molecule has 4 heteroatoms. The van der Waals surface area contributed by atoms with Crippen molar-refractivity contribution >= 4 is 39.6 Å². The lowest BCUT2D eigenvalue weighted by molar-refractivity contribution is 0.288. The SMILES string of the molecule is [2H]c1cc2c3cc([2H])c(OB(O)O)c([2H])c3c3cc([2H])c([2H])c([2H])c3c2c([2H])c1[2H]. The second-order valence-electron chi connectivity index (χ2n) is 4.63. The quantitative estimate of drug-likeness (QED) is 0.440. The molecule has 0 aliphatic rings. The summed E-state index contributed by atoms with van der Waals surface area (Å²) in [6.07, 6.45) is 0. The maximum atomic E-state index is 9.15. The van der Waals surface area contributed by atoms with Crippen LogP contribution >= 0.6 is 0 Å². The fourth-order valence-corrected chi connectivity index (χ4v) is 2.52. The normalized spacial score (nSPS) is 16.3. The third-order valence-electron chi connectivity index (χ3n) is 3.38. The van der Waals surface area contributed by atoms with Gasteiger partial charge in [-0.2, -0.15) is 0 Å². The Bertz CT molecular complexity index is 1390. The van der Waals surface area contributed by atoms with E-state index in [0.29, 0.717) is 0 Å². The Kier molecular flexibility index (Phi) is 1.63. The van der Waals surface area contributed by atoms with Gasteiger partial charge in [0.15, 0.2) is 0 Å². The number of benzene rings is 4. The van der Waals surface area contributed by atoms with Gasteiger partial charge in [-0.05, 0) is 44.4 Å². The standard InChI is InChI=1S/C18H13BO3/c20-19(21)22-12-9-10-17-15-7-2-1-5-13(15)14-6-3-4-8-16(14)18(17)11-12/h1-11,20-21H/i1D,2D,3D,4D,5D,6D,9D,11D. The van der Waals surface area contributed by atoms with Crippen molar-refractivity contribution in [2.75, 3.05) is 0 Å². The summed E-state index contributed by atoms with van der Waals surface area (Å²) >= 11 is 0. The Labute approximate surface area is 138 Å². The van der Waals surface area contributed by atoms with Gasteiger partial charge < -0.3 is 14.7 Å². The summed E-state index contributed by atoms with van der Waals surface area (Å²) in [6, 6.07) is 1.08. The van der Waals surface area contributed by atoms with Crippen LogP contribution in [0.15, 0.2) is 66.5 Å². The van der Waals surface area contributed by atoms with Gasteiger partial charge in [-0.25, -0.2) is 0 Å². The van der Waals surface area contributed by atoms with E-state index < -0.39 is 25.2 Å². The van der Waals surface area contributed by atoms with Crippen LogP contribution in [-0.4, -0.2) is 17.4 Å². The first-order chi connectivity index (χ1) is 14.0.